The largest absolute Gasteiger partial charge is 0.493 e. The molecular weight excluding hydrogens is 249 g/mol. The van der Waals surface area contributed by atoms with Crippen LogP contribution >= 0.6 is 0 Å². The average Bonchev–Trinajstić information content (AvgIpc) is 2.46. The van der Waals surface area contributed by atoms with Crippen molar-refractivity contribution in [3.63, 3.8) is 0 Å². The van der Waals surface area contributed by atoms with Crippen molar-refractivity contribution in [3.8, 4) is 22.8 Å². The lowest BCUT2D eigenvalue weighted by Gasteiger charge is -2.13. The van der Waals surface area contributed by atoms with E-state index in [0.29, 0.717) is 17.1 Å². The van der Waals surface area contributed by atoms with Crippen LogP contribution in [0.25, 0.3) is 11.3 Å². The highest BCUT2D eigenvalue weighted by Gasteiger charge is 2.18. The van der Waals surface area contributed by atoms with E-state index in [1.807, 2.05) is 0 Å². The van der Waals surface area contributed by atoms with Crippen molar-refractivity contribution in [2.45, 2.75) is 6.54 Å². The fourth-order valence-electron chi connectivity index (χ4n) is 1.81. The predicted octanol–water partition coefficient (Wildman–Crippen LogP) is 1.76. The van der Waals surface area contributed by atoms with Gasteiger partial charge in [-0.3, -0.25) is 0 Å². The number of aromatic nitrogens is 2. The second-order valence-corrected chi connectivity index (χ2v) is 3.73. The first-order chi connectivity index (χ1) is 9.22. The molecule has 0 bridgehead atoms. The van der Waals surface area contributed by atoms with Crippen LogP contribution in [0.1, 0.15) is 5.69 Å². The van der Waals surface area contributed by atoms with Gasteiger partial charge in [0, 0.05) is 12.1 Å². The minimum absolute atomic E-state index is 0.00758. The Morgan fingerprint density at radius 1 is 1.21 bits per heavy atom. The fourth-order valence-corrected chi connectivity index (χ4v) is 1.81. The summed E-state index contributed by atoms with van der Waals surface area (Å²) >= 11 is 0. The third-order valence-corrected chi connectivity index (χ3v) is 2.71. The molecule has 0 aliphatic heterocycles. The molecule has 0 radical (unpaired) electrons. The molecule has 2 N–H and O–H groups in total. The van der Waals surface area contributed by atoms with Gasteiger partial charge in [-0.25, -0.2) is 14.4 Å². The minimum Gasteiger partial charge on any atom is -0.493 e. The third-order valence-electron chi connectivity index (χ3n) is 2.71. The van der Waals surface area contributed by atoms with Crippen molar-refractivity contribution < 1.29 is 13.9 Å². The zero-order valence-electron chi connectivity index (χ0n) is 10.7. The molecule has 100 valence electrons. The molecule has 6 heteroatoms. The van der Waals surface area contributed by atoms with Crippen molar-refractivity contribution in [1.82, 2.24) is 9.97 Å². The highest BCUT2D eigenvalue weighted by atomic mass is 19.1. The molecule has 0 spiro atoms. The van der Waals surface area contributed by atoms with Crippen LogP contribution in [0.15, 0.2) is 24.5 Å². The molecule has 2 aromatic rings. The Bertz CT molecular complexity index is 590. The van der Waals surface area contributed by atoms with Crippen molar-refractivity contribution in [2.75, 3.05) is 14.2 Å². The zero-order chi connectivity index (χ0) is 13.8. The monoisotopic (exact) mass is 263 g/mol. The summed E-state index contributed by atoms with van der Waals surface area (Å²) in [6, 6.07) is 5.17. The van der Waals surface area contributed by atoms with Crippen LogP contribution in [0.5, 0.6) is 11.5 Å². The Hall–Kier alpha value is -2.21. The first-order valence-electron chi connectivity index (χ1n) is 5.63. The van der Waals surface area contributed by atoms with Crippen LogP contribution < -0.4 is 15.2 Å². The van der Waals surface area contributed by atoms with Gasteiger partial charge in [-0.05, 0) is 12.1 Å². The van der Waals surface area contributed by atoms with E-state index in [1.165, 1.54) is 20.5 Å². The number of benzene rings is 1. The van der Waals surface area contributed by atoms with Gasteiger partial charge in [-0.15, -0.1) is 0 Å². The van der Waals surface area contributed by atoms with E-state index in [9.17, 15) is 4.39 Å². The van der Waals surface area contributed by atoms with Gasteiger partial charge < -0.3 is 15.2 Å². The minimum atomic E-state index is -0.545. The molecule has 0 aliphatic rings. The number of hydrogen-bond acceptors (Lipinski definition) is 5. The van der Waals surface area contributed by atoms with Crippen molar-refractivity contribution >= 4 is 0 Å². The first kappa shape index (κ1) is 13.2. The second-order valence-electron chi connectivity index (χ2n) is 3.73. The lowest BCUT2D eigenvalue weighted by atomic mass is 10.1. The molecule has 1 heterocycles. The number of nitrogens with two attached hydrogens (primary N) is 1. The summed E-state index contributed by atoms with van der Waals surface area (Å²) in [5, 5.41) is 0. The van der Waals surface area contributed by atoms with Gasteiger partial charge in [0.15, 0.2) is 17.3 Å². The Morgan fingerprint density at radius 2 is 2.00 bits per heavy atom. The molecule has 0 amide bonds. The number of halogens is 1. The van der Waals surface area contributed by atoms with Crippen LogP contribution in [0.4, 0.5) is 4.39 Å². The molecule has 0 fully saturated rings. The summed E-state index contributed by atoms with van der Waals surface area (Å²) in [6.07, 6.45) is 1.28. The topological polar surface area (TPSA) is 70.3 Å². The highest BCUT2D eigenvalue weighted by molar-refractivity contribution is 5.71. The summed E-state index contributed by atoms with van der Waals surface area (Å²) in [5.41, 5.74) is 6.24. The van der Waals surface area contributed by atoms with Crippen LogP contribution in [-0.2, 0) is 6.54 Å². The summed E-state index contributed by atoms with van der Waals surface area (Å²) in [7, 11) is 3.01. The number of rotatable bonds is 4. The molecule has 2 rings (SSSR count). The van der Waals surface area contributed by atoms with Crippen molar-refractivity contribution in [1.29, 1.82) is 0 Å². The van der Waals surface area contributed by atoms with Gasteiger partial charge >= 0.3 is 0 Å². The van der Waals surface area contributed by atoms with E-state index in [-0.39, 0.29) is 17.9 Å². The molecule has 0 atom stereocenters. The number of nitrogens with zero attached hydrogens (tertiary/aromatic N) is 2. The summed E-state index contributed by atoms with van der Waals surface area (Å²) in [4.78, 5) is 7.76. The Labute approximate surface area is 110 Å². The van der Waals surface area contributed by atoms with Crippen LogP contribution in [-0.4, -0.2) is 24.2 Å². The van der Waals surface area contributed by atoms with E-state index < -0.39 is 5.82 Å². The first-order valence-corrected chi connectivity index (χ1v) is 5.63. The Kier molecular flexibility index (Phi) is 3.91. The molecule has 19 heavy (non-hydrogen) atoms. The Morgan fingerprint density at radius 3 is 2.63 bits per heavy atom. The maximum Gasteiger partial charge on any atom is 0.172 e. The average molecular weight is 263 g/mol. The molecule has 0 unspecified atom stereocenters. The van der Waals surface area contributed by atoms with Crippen molar-refractivity contribution in [2.24, 2.45) is 5.73 Å². The lowest BCUT2D eigenvalue weighted by Crippen LogP contribution is -2.06. The smallest absolute Gasteiger partial charge is 0.172 e. The maximum absolute atomic E-state index is 14.2. The van der Waals surface area contributed by atoms with E-state index in [0.717, 1.165) is 0 Å². The van der Waals surface area contributed by atoms with Gasteiger partial charge in [0.25, 0.3) is 0 Å². The molecule has 0 aliphatic carbocycles. The van der Waals surface area contributed by atoms with Gasteiger partial charge in [0.1, 0.15) is 12.0 Å². The number of ether oxygens (including phenoxy) is 2. The Balaban J connectivity index is 2.65. The maximum atomic E-state index is 14.2. The predicted molar refractivity (Wildman–Crippen MR) is 68.4 cm³/mol. The molecule has 5 nitrogen and oxygen atoms in total. The van der Waals surface area contributed by atoms with Gasteiger partial charge in [0.05, 0.1) is 19.9 Å². The molecular formula is C13H14FN3O2. The summed E-state index contributed by atoms with van der Waals surface area (Å²) in [5.74, 6) is 0.384. The molecule has 1 aromatic heterocycles. The lowest BCUT2D eigenvalue weighted by molar-refractivity contribution is 0.356. The number of methoxy groups -OCH3 is 2. The quantitative estimate of drug-likeness (QED) is 0.910. The van der Waals surface area contributed by atoms with E-state index in [2.05, 4.69) is 9.97 Å². The molecule has 1 aromatic carbocycles. The fraction of sp³-hybridized carbons (Fsp3) is 0.231. The van der Waals surface area contributed by atoms with Gasteiger partial charge in [-0.2, -0.15) is 0 Å². The zero-order valence-corrected chi connectivity index (χ0v) is 10.7. The van der Waals surface area contributed by atoms with Crippen LogP contribution in [0.3, 0.4) is 0 Å². The second kappa shape index (κ2) is 5.62. The van der Waals surface area contributed by atoms with Crippen LogP contribution in [0.2, 0.25) is 0 Å². The SMILES string of the molecule is COc1cccc(-c2ncnc(CN)c2F)c1OC. The van der Waals surface area contributed by atoms with Crippen LogP contribution in [0, 0.1) is 5.82 Å². The molecule has 0 saturated carbocycles. The summed E-state index contributed by atoms with van der Waals surface area (Å²) < 4.78 is 24.7. The van der Waals surface area contributed by atoms with Gasteiger partial charge in [0.2, 0.25) is 0 Å². The van der Waals surface area contributed by atoms with Crippen molar-refractivity contribution in [3.05, 3.63) is 36.0 Å². The number of para-hydroxylation sites is 1. The normalized spacial score (nSPS) is 10.3. The molecule has 0 saturated heterocycles. The third kappa shape index (κ3) is 2.34. The number of hydrogen-bond donors (Lipinski definition) is 1. The highest BCUT2D eigenvalue weighted by Crippen LogP contribution is 2.37. The standard InChI is InChI=1S/C13H14FN3O2/c1-18-10-5-3-4-8(13(10)19-2)12-11(14)9(6-15)16-7-17-12/h3-5,7H,6,15H2,1-2H3. The summed E-state index contributed by atoms with van der Waals surface area (Å²) in [6.45, 7) is 0.00758. The van der Waals surface area contributed by atoms with Gasteiger partial charge in [-0.1, -0.05) is 6.07 Å². The van der Waals surface area contributed by atoms with E-state index >= 15 is 0 Å². The van der Waals surface area contributed by atoms with E-state index in [4.69, 9.17) is 15.2 Å². The van der Waals surface area contributed by atoms with E-state index in [1.54, 1.807) is 18.2 Å².